The van der Waals surface area contributed by atoms with Gasteiger partial charge >= 0.3 is 0 Å². The van der Waals surface area contributed by atoms with Crippen LogP contribution in [0.1, 0.15) is 24.8 Å². The van der Waals surface area contributed by atoms with Crippen LogP contribution in [0.15, 0.2) is 15.2 Å². The molecule has 0 saturated heterocycles. The zero-order valence-electron chi connectivity index (χ0n) is 9.01. The van der Waals surface area contributed by atoms with Gasteiger partial charge in [0.25, 0.3) is 0 Å². The molecule has 0 fully saturated rings. The summed E-state index contributed by atoms with van der Waals surface area (Å²) in [6, 6.07) is 2.19. The molecule has 86 valence electrons. The van der Waals surface area contributed by atoms with Gasteiger partial charge in [0.15, 0.2) is 0 Å². The molecule has 15 heavy (non-hydrogen) atoms. The van der Waals surface area contributed by atoms with E-state index in [0.29, 0.717) is 0 Å². The van der Waals surface area contributed by atoms with E-state index in [2.05, 4.69) is 39.3 Å². The Kier molecular flexibility index (Phi) is 6.89. The molecule has 1 aromatic rings. The van der Waals surface area contributed by atoms with E-state index in [1.54, 1.807) is 11.3 Å². The molecule has 0 amide bonds. The van der Waals surface area contributed by atoms with E-state index in [1.807, 2.05) is 0 Å². The summed E-state index contributed by atoms with van der Waals surface area (Å²) in [6.45, 7) is 2.20. The fraction of sp³-hybridized carbons (Fsp3) is 0.636. The molecule has 0 unspecified atom stereocenters. The Balaban J connectivity index is 2.15. The first-order valence-corrected chi connectivity index (χ1v) is 7.40. The number of alkyl halides is 1. The highest BCUT2D eigenvalue weighted by molar-refractivity contribution is 9.11. The fourth-order valence-electron chi connectivity index (χ4n) is 1.47. The van der Waals surface area contributed by atoms with E-state index in [9.17, 15) is 0 Å². The average Bonchev–Trinajstić information content (AvgIpc) is 2.59. The van der Waals surface area contributed by atoms with E-state index in [0.717, 1.165) is 25.4 Å². The molecule has 0 saturated carbocycles. The number of hydrogen-bond acceptors (Lipinski definition) is 2. The molecule has 0 bridgehead atoms. The maximum absolute atomic E-state index is 5.63. The molecular weight excluding hydrogens is 294 g/mol. The van der Waals surface area contributed by atoms with Crippen LogP contribution < -0.4 is 0 Å². The van der Waals surface area contributed by atoms with Gasteiger partial charge in [-0.1, -0.05) is 6.42 Å². The van der Waals surface area contributed by atoms with Crippen LogP contribution in [0.3, 0.4) is 0 Å². The quantitative estimate of drug-likeness (QED) is 0.534. The van der Waals surface area contributed by atoms with E-state index in [4.69, 9.17) is 11.6 Å². The number of hydrogen-bond donors (Lipinski definition) is 0. The minimum absolute atomic E-state index is 0.793. The summed E-state index contributed by atoms with van der Waals surface area (Å²) in [4.78, 5) is 2.36. The van der Waals surface area contributed by atoms with Gasteiger partial charge in [-0.05, 0) is 59.4 Å². The Morgan fingerprint density at radius 2 is 2.20 bits per heavy atom. The Bertz CT molecular complexity index is 277. The monoisotopic (exact) mass is 309 g/mol. The molecule has 0 radical (unpaired) electrons. The molecule has 0 atom stereocenters. The summed E-state index contributed by atoms with van der Waals surface area (Å²) < 4.78 is 1.22. The van der Waals surface area contributed by atoms with Crippen LogP contribution in [-0.2, 0) is 6.54 Å². The molecule has 0 aromatic carbocycles. The molecule has 0 N–H and O–H groups in total. The lowest BCUT2D eigenvalue weighted by molar-refractivity contribution is 0.318. The lowest BCUT2D eigenvalue weighted by Gasteiger charge is -2.15. The van der Waals surface area contributed by atoms with Crippen LogP contribution in [0, 0.1) is 0 Å². The Morgan fingerprint density at radius 1 is 1.40 bits per heavy atom. The van der Waals surface area contributed by atoms with Gasteiger partial charge in [0.2, 0.25) is 0 Å². The largest absolute Gasteiger partial charge is 0.302 e. The van der Waals surface area contributed by atoms with Gasteiger partial charge in [0, 0.05) is 12.4 Å². The van der Waals surface area contributed by atoms with E-state index in [1.165, 1.54) is 22.2 Å². The summed E-state index contributed by atoms with van der Waals surface area (Å²) in [5.41, 5.74) is 1.40. The normalized spacial score (nSPS) is 11.2. The summed E-state index contributed by atoms with van der Waals surface area (Å²) in [5, 5.41) is 2.21. The van der Waals surface area contributed by atoms with Crippen molar-refractivity contribution in [1.29, 1.82) is 0 Å². The summed E-state index contributed by atoms with van der Waals surface area (Å²) in [5.74, 6) is 0.793. The van der Waals surface area contributed by atoms with Gasteiger partial charge in [0.05, 0.1) is 3.79 Å². The van der Waals surface area contributed by atoms with E-state index < -0.39 is 0 Å². The average molecular weight is 311 g/mol. The maximum Gasteiger partial charge on any atom is 0.0701 e. The van der Waals surface area contributed by atoms with Crippen molar-refractivity contribution in [2.24, 2.45) is 0 Å². The van der Waals surface area contributed by atoms with Crippen molar-refractivity contribution in [3.05, 3.63) is 20.8 Å². The highest BCUT2D eigenvalue weighted by Crippen LogP contribution is 2.21. The maximum atomic E-state index is 5.63. The predicted octanol–water partition coefficient (Wildman–Crippen LogP) is 4.35. The zero-order valence-corrected chi connectivity index (χ0v) is 12.2. The van der Waals surface area contributed by atoms with Crippen LogP contribution in [0.25, 0.3) is 0 Å². The summed E-state index contributed by atoms with van der Waals surface area (Å²) >= 11 is 10.9. The van der Waals surface area contributed by atoms with Gasteiger partial charge in [0.1, 0.15) is 0 Å². The van der Waals surface area contributed by atoms with Crippen molar-refractivity contribution in [1.82, 2.24) is 4.90 Å². The first kappa shape index (κ1) is 13.5. The Hall–Kier alpha value is 0.430. The number of halogens is 2. The number of rotatable bonds is 7. The van der Waals surface area contributed by atoms with Gasteiger partial charge in [-0.15, -0.1) is 22.9 Å². The second kappa shape index (κ2) is 7.66. The molecular formula is C11H17BrClNS. The lowest BCUT2D eigenvalue weighted by Crippen LogP contribution is -2.18. The van der Waals surface area contributed by atoms with Crippen LogP contribution in [-0.4, -0.2) is 24.4 Å². The van der Waals surface area contributed by atoms with Crippen LogP contribution in [0.5, 0.6) is 0 Å². The van der Waals surface area contributed by atoms with Crippen LogP contribution in [0.2, 0.25) is 0 Å². The standard InChI is InChI=1S/C11H17BrClNS/c1-14(6-4-2-3-5-13)8-10-7-11(12)15-9-10/h7,9H,2-6,8H2,1H3. The number of unbranched alkanes of at least 4 members (excludes halogenated alkanes) is 2. The number of nitrogens with zero attached hydrogens (tertiary/aromatic N) is 1. The van der Waals surface area contributed by atoms with Crippen molar-refractivity contribution in [3.63, 3.8) is 0 Å². The third-order valence-corrected chi connectivity index (χ3v) is 4.07. The van der Waals surface area contributed by atoms with E-state index >= 15 is 0 Å². The molecule has 1 rings (SSSR count). The molecule has 0 aliphatic heterocycles. The van der Waals surface area contributed by atoms with Crippen molar-refractivity contribution in [2.75, 3.05) is 19.5 Å². The predicted molar refractivity (Wildman–Crippen MR) is 72.9 cm³/mol. The zero-order chi connectivity index (χ0) is 11.1. The van der Waals surface area contributed by atoms with Crippen molar-refractivity contribution in [2.45, 2.75) is 25.8 Å². The second-order valence-electron chi connectivity index (χ2n) is 3.75. The SMILES string of the molecule is CN(CCCCCCl)Cc1csc(Br)c1. The Labute approximate surface area is 110 Å². The van der Waals surface area contributed by atoms with Crippen molar-refractivity contribution < 1.29 is 0 Å². The van der Waals surface area contributed by atoms with Gasteiger partial charge in [-0.3, -0.25) is 0 Å². The highest BCUT2D eigenvalue weighted by atomic mass is 79.9. The lowest BCUT2D eigenvalue weighted by atomic mass is 10.2. The van der Waals surface area contributed by atoms with Crippen molar-refractivity contribution >= 4 is 38.9 Å². The molecule has 1 heterocycles. The van der Waals surface area contributed by atoms with Crippen LogP contribution in [0.4, 0.5) is 0 Å². The molecule has 0 aliphatic rings. The minimum Gasteiger partial charge on any atom is -0.302 e. The third kappa shape index (κ3) is 5.91. The molecule has 1 nitrogen and oxygen atoms in total. The molecule has 0 spiro atoms. The van der Waals surface area contributed by atoms with Crippen LogP contribution >= 0.6 is 38.9 Å². The van der Waals surface area contributed by atoms with Crippen molar-refractivity contribution in [3.8, 4) is 0 Å². The third-order valence-electron chi connectivity index (χ3n) is 2.25. The first-order valence-electron chi connectivity index (χ1n) is 5.20. The number of thiophene rings is 1. The topological polar surface area (TPSA) is 3.24 Å². The van der Waals surface area contributed by atoms with Gasteiger partial charge in [-0.2, -0.15) is 0 Å². The van der Waals surface area contributed by atoms with Gasteiger partial charge < -0.3 is 4.90 Å². The summed E-state index contributed by atoms with van der Waals surface area (Å²) in [7, 11) is 2.17. The van der Waals surface area contributed by atoms with Gasteiger partial charge in [-0.25, -0.2) is 0 Å². The first-order chi connectivity index (χ1) is 7.22. The molecule has 1 aromatic heterocycles. The Morgan fingerprint density at radius 3 is 2.80 bits per heavy atom. The second-order valence-corrected chi connectivity index (χ2v) is 6.41. The summed E-state index contributed by atoms with van der Waals surface area (Å²) in [6.07, 6.45) is 3.62. The smallest absolute Gasteiger partial charge is 0.0701 e. The highest BCUT2D eigenvalue weighted by Gasteiger charge is 2.02. The minimum atomic E-state index is 0.793. The molecule has 4 heteroatoms. The fourth-order valence-corrected chi connectivity index (χ4v) is 2.86. The van der Waals surface area contributed by atoms with E-state index in [-0.39, 0.29) is 0 Å². The molecule has 0 aliphatic carbocycles.